The van der Waals surface area contributed by atoms with Gasteiger partial charge >= 0.3 is 0 Å². The zero-order valence-corrected chi connectivity index (χ0v) is 21.5. The van der Waals surface area contributed by atoms with E-state index in [0.29, 0.717) is 24.0 Å². The second-order valence-corrected chi connectivity index (χ2v) is 9.53. The topological polar surface area (TPSA) is 100 Å². The largest absolute Gasteiger partial charge is 0.507 e. The summed E-state index contributed by atoms with van der Waals surface area (Å²) in [6.45, 7) is 11.6. The highest BCUT2D eigenvalue weighted by molar-refractivity contribution is 5.99. The number of methoxy groups -OCH3 is 1. The molecule has 1 heterocycles. The molecule has 0 bridgehead atoms. The third kappa shape index (κ3) is 5.06. The summed E-state index contributed by atoms with van der Waals surface area (Å²) in [6, 6.07) is 1.35. The standard InChI is InChI=1S/C29H34O6/c1-15(2)8-11-18-21(30)14-22-24(25(18)31)27(33)23-19(12-9-16(3)4)29(34-7)26(32)20(28(23)35-22)13-10-17(5)6/h8-10,14,30-32H,11-13H2,1-7H3. The number of fused-ring (bicyclic) bond motifs is 2. The Bertz CT molecular complexity index is 1440. The molecule has 0 aliphatic rings. The van der Waals surface area contributed by atoms with Gasteiger partial charge in [-0.3, -0.25) is 4.79 Å². The number of hydrogen-bond donors (Lipinski definition) is 3. The molecule has 0 aliphatic carbocycles. The molecule has 1 aromatic heterocycles. The summed E-state index contributed by atoms with van der Waals surface area (Å²) < 4.78 is 11.7. The van der Waals surface area contributed by atoms with Crippen molar-refractivity contribution in [2.75, 3.05) is 7.11 Å². The fraction of sp³-hybridized carbons (Fsp3) is 0.345. The Hall–Kier alpha value is -3.67. The van der Waals surface area contributed by atoms with Crippen molar-refractivity contribution in [3.8, 4) is 23.0 Å². The van der Waals surface area contributed by atoms with Crippen LogP contribution in [0.5, 0.6) is 23.0 Å². The first-order chi connectivity index (χ1) is 16.5. The van der Waals surface area contributed by atoms with Crippen molar-refractivity contribution < 1.29 is 24.5 Å². The van der Waals surface area contributed by atoms with Crippen LogP contribution in [-0.2, 0) is 19.3 Å². The molecule has 0 amide bonds. The van der Waals surface area contributed by atoms with E-state index in [-0.39, 0.29) is 56.9 Å². The summed E-state index contributed by atoms with van der Waals surface area (Å²) in [5.74, 6) is -0.352. The average molecular weight is 479 g/mol. The lowest BCUT2D eigenvalue weighted by Crippen LogP contribution is -2.10. The zero-order chi connectivity index (χ0) is 26.0. The second kappa shape index (κ2) is 10.3. The van der Waals surface area contributed by atoms with Gasteiger partial charge in [0.2, 0.25) is 5.43 Å². The molecule has 6 heteroatoms. The van der Waals surface area contributed by atoms with Crippen molar-refractivity contribution in [2.45, 2.75) is 60.8 Å². The summed E-state index contributed by atoms with van der Waals surface area (Å²) in [5, 5.41) is 33.1. The van der Waals surface area contributed by atoms with E-state index in [1.807, 2.05) is 59.8 Å². The molecule has 0 saturated heterocycles. The number of rotatable bonds is 7. The van der Waals surface area contributed by atoms with Crippen LogP contribution in [0, 0.1) is 0 Å². The van der Waals surface area contributed by atoms with E-state index < -0.39 is 5.43 Å². The van der Waals surface area contributed by atoms with Crippen molar-refractivity contribution >= 4 is 21.9 Å². The number of ether oxygens (including phenoxy) is 1. The lowest BCUT2D eigenvalue weighted by Gasteiger charge is -2.17. The summed E-state index contributed by atoms with van der Waals surface area (Å²) >= 11 is 0. The van der Waals surface area contributed by atoms with Crippen LogP contribution in [0.25, 0.3) is 21.9 Å². The minimum absolute atomic E-state index is 0.00758. The highest BCUT2D eigenvalue weighted by Crippen LogP contribution is 2.44. The van der Waals surface area contributed by atoms with E-state index >= 15 is 0 Å². The van der Waals surface area contributed by atoms with Crippen LogP contribution < -0.4 is 10.2 Å². The third-order valence-electron chi connectivity index (χ3n) is 5.94. The first kappa shape index (κ1) is 25.9. The molecule has 3 rings (SSSR count). The summed E-state index contributed by atoms with van der Waals surface area (Å²) in [6.07, 6.45) is 6.64. The van der Waals surface area contributed by atoms with E-state index in [1.54, 1.807) is 0 Å². The van der Waals surface area contributed by atoms with E-state index in [2.05, 4.69) is 0 Å². The fourth-order valence-corrected chi connectivity index (χ4v) is 4.07. The van der Waals surface area contributed by atoms with Gasteiger partial charge in [-0.15, -0.1) is 0 Å². The molecular formula is C29H34O6. The van der Waals surface area contributed by atoms with Crippen LogP contribution in [0.3, 0.4) is 0 Å². The maximum Gasteiger partial charge on any atom is 0.204 e. The predicted molar refractivity (Wildman–Crippen MR) is 141 cm³/mol. The molecule has 0 radical (unpaired) electrons. The van der Waals surface area contributed by atoms with Gasteiger partial charge in [0.25, 0.3) is 0 Å². The lowest BCUT2D eigenvalue weighted by molar-refractivity contribution is 0.368. The molecule has 3 N–H and O–H groups in total. The monoisotopic (exact) mass is 478 g/mol. The second-order valence-electron chi connectivity index (χ2n) is 9.53. The quantitative estimate of drug-likeness (QED) is 0.261. The number of aromatic hydroxyl groups is 3. The maximum atomic E-state index is 14.0. The number of benzene rings is 2. The number of phenolic OH excluding ortho intramolecular Hbond substituents is 3. The Labute approximate surface area is 205 Å². The Morgan fingerprint density at radius 3 is 1.83 bits per heavy atom. The van der Waals surface area contributed by atoms with Crippen LogP contribution in [-0.4, -0.2) is 22.4 Å². The van der Waals surface area contributed by atoms with Crippen molar-refractivity contribution in [2.24, 2.45) is 0 Å². The van der Waals surface area contributed by atoms with Gasteiger partial charge < -0.3 is 24.5 Å². The molecule has 0 atom stereocenters. The Morgan fingerprint density at radius 2 is 1.31 bits per heavy atom. The van der Waals surface area contributed by atoms with Gasteiger partial charge in [0.1, 0.15) is 28.1 Å². The van der Waals surface area contributed by atoms with E-state index in [1.165, 1.54) is 13.2 Å². The Balaban J connectivity index is 2.55. The molecule has 35 heavy (non-hydrogen) atoms. The van der Waals surface area contributed by atoms with E-state index in [9.17, 15) is 20.1 Å². The fourth-order valence-electron chi connectivity index (χ4n) is 4.07. The van der Waals surface area contributed by atoms with Crippen LogP contribution in [0.4, 0.5) is 0 Å². The molecule has 0 aliphatic heterocycles. The molecule has 0 spiro atoms. The predicted octanol–water partition coefficient (Wildman–Crippen LogP) is 6.60. The van der Waals surface area contributed by atoms with E-state index in [0.717, 1.165) is 16.7 Å². The van der Waals surface area contributed by atoms with Gasteiger partial charge in [-0.25, -0.2) is 0 Å². The average Bonchev–Trinajstić information content (AvgIpc) is 2.75. The van der Waals surface area contributed by atoms with Crippen molar-refractivity contribution in [1.82, 2.24) is 0 Å². The van der Waals surface area contributed by atoms with Crippen LogP contribution in [0.2, 0.25) is 0 Å². The Kier molecular flexibility index (Phi) is 7.64. The number of allylic oxidation sites excluding steroid dienone is 6. The smallest absolute Gasteiger partial charge is 0.204 e. The highest BCUT2D eigenvalue weighted by atomic mass is 16.5. The van der Waals surface area contributed by atoms with Gasteiger partial charge in [-0.2, -0.15) is 0 Å². The third-order valence-corrected chi connectivity index (χ3v) is 5.94. The van der Waals surface area contributed by atoms with Gasteiger partial charge in [0.15, 0.2) is 11.5 Å². The minimum Gasteiger partial charge on any atom is -0.507 e. The Morgan fingerprint density at radius 1 is 0.800 bits per heavy atom. The molecule has 3 aromatic rings. The zero-order valence-electron chi connectivity index (χ0n) is 21.5. The number of phenols is 3. The number of hydrogen-bond acceptors (Lipinski definition) is 6. The van der Waals surface area contributed by atoms with Crippen molar-refractivity contribution in [3.05, 3.63) is 67.9 Å². The molecule has 0 saturated carbocycles. The molecule has 2 aromatic carbocycles. The van der Waals surface area contributed by atoms with Crippen LogP contribution in [0.1, 0.15) is 58.2 Å². The highest BCUT2D eigenvalue weighted by Gasteiger charge is 2.26. The van der Waals surface area contributed by atoms with Gasteiger partial charge in [0, 0.05) is 22.8 Å². The normalized spacial score (nSPS) is 10.9. The molecular weight excluding hydrogens is 444 g/mol. The van der Waals surface area contributed by atoms with Crippen LogP contribution in [0.15, 0.2) is 50.2 Å². The molecule has 0 unspecified atom stereocenters. The van der Waals surface area contributed by atoms with Gasteiger partial charge in [0.05, 0.1) is 12.5 Å². The van der Waals surface area contributed by atoms with Crippen molar-refractivity contribution in [3.63, 3.8) is 0 Å². The summed E-state index contributed by atoms with van der Waals surface area (Å²) in [4.78, 5) is 14.0. The maximum absolute atomic E-state index is 14.0. The van der Waals surface area contributed by atoms with Crippen LogP contribution >= 0.6 is 0 Å². The van der Waals surface area contributed by atoms with Crippen molar-refractivity contribution in [1.29, 1.82) is 0 Å². The van der Waals surface area contributed by atoms with Gasteiger partial charge in [-0.05, 0) is 60.8 Å². The summed E-state index contributed by atoms with van der Waals surface area (Å²) in [7, 11) is 1.45. The minimum atomic E-state index is -0.439. The molecule has 0 fully saturated rings. The SMILES string of the molecule is COc1c(O)c(CC=C(C)C)c2oc3cc(O)c(CC=C(C)C)c(O)c3c(=O)c2c1CC=C(C)C. The van der Waals surface area contributed by atoms with E-state index in [4.69, 9.17) is 9.15 Å². The lowest BCUT2D eigenvalue weighted by atomic mass is 9.94. The molecule has 186 valence electrons. The van der Waals surface area contributed by atoms with Gasteiger partial charge in [-0.1, -0.05) is 34.9 Å². The summed E-state index contributed by atoms with van der Waals surface area (Å²) in [5.41, 5.74) is 4.06. The first-order valence-corrected chi connectivity index (χ1v) is 11.6. The molecule has 6 nitrogen and oxygen atoms in total. The first-order valence-electron chi connectivity index (χ1n) is 11.6.